The van der Waals surface area contributed by atoms with Gasteiger partial charge in [0.15, 0.2) is 5.13 Å². The number of carbonyl (C=O) groups is 1. The van der Waals surface area contributed by atoms with Crippen molar-refractivity contribution in [3.8, 4) is 0 Å². The molecule has 1 rings (SSSR count). The Balaban J connectivity index is 2.58. The molecule has 17 heavy (non-hydrogen) atoms. The van der Waals surface area contributed by atoms with Crippen molar-refractivity contribution >= 4 is 22.6 Å². The summed E-state index contributed by atoms with van der Waals surface area (Å²) in [6.07, 6.45) is -0.476. The highest BCUT2D eigenvalue weighted by Gasteiger charge is 2.17. The van der Waals surface area contributed by atoms with Gasteiger partial charge in [-0.3, -0.25) is 5.32 Å². The van der Waals surface area contributed by atoms with E-state index in [0.29, 0.717) is 5.13 Å². The average molecular weight is 257 g/mol. The normalized spacial score (nSPS) is 13.2. The van der Waals surface area contributed by atoms with E-state index in [2.05, 4.69) is 15.6 Å². The monoisotopic (exact) mass is 257 g/mol. The molecule has 0 bridgehead atoms. The molecule has 1 amide bonds. The highest BCUT2D eigenvalue weighted by Crippen LogP contribution is 2.20. The molecule has 1 aromatic heterocycles. The lowest BCUT2D eigenvalue weighted by atomic mass is 10.2. The number of anilines is 1. The second-order valence-corrected chi connectivity index (χ2v) is 5.57. The van der Waals surface area contributed by atoms with Crippen LogP contribution in [0.4, 0.5) is 9.93 Å². The fourth-order valence-electron chi connectivity index (χ4n) is 1.08. The summed E-state index contributed by atoms with van der Waals surface area (Å²) in [7, 11) is 1.87. The second kappa shape index (κ2) is 5.46. The summed E-state index contributed by atoms with van der Waals surface area (Å²) in [4.78, 5) is 15.8. The van der Waals surface area contributed by atoms with E-state index in [1.165, 1.54) is 11.3 Å². The van der Waals surface area contributed by atoms with Gasteiger partial charge in [-0.05, 0) is 34.7 Å². The second-order valence-electron chi connectivity index (χ2n) is 4.71. The number of aromatic nitrogens is 1. The van der Waals surface area contributed by atoms with Crippen molar-refractivity contribution in [3.05, 3.63) is 11.1 Å². The molecule has 2 N–H and O–H groups in total. The summed E-state index contributed by atoms with van der Waals surface area (Å²) in [6, 6.07) is 0.167. The van der Waals surface area contributed by atoms with Crippen molar-refractivity contribution in [2.24, 2.45) is 0 Å². The smallest absolute Gasteiger partial charge is 0.413 e. The topological polar surface area (TPSA) is 63.2 Å². The number of nitrogens with zero attached hydrogens (tertiary/aromatic N) is 1. The molecule has 0 aliphatic heterocycles. The lowest BCUT2D eigenvalue weighted by molar-refractivity contribution is 0.0636. The third-order valence-corrected chi connectivity index (χ3v) is 2.78. The van der Waals surface area contributed by atoms with Gasteiger partial charge in [0.2, 0.25) is 0 Å². The maximum atomic E-state index is 11.5. The Morgan fingerprint density at radius 1 is 1.53 bits per heavy atom. The predicted octanol–water partition coefficient (Wildman–Crippen LogP) is 2.77. The Labute approximate surface area is 106 Å². The molecule has 0 aliphatic carbocycles. The first-order chi connectivity index (χ1) is 7.81. The van der Waals surface area contributed by atoms with E-state index in [9.17, 15) is 4.79 Å². The summed E-state index contributed by atoms with van der Waals surface area (Å²) in [5.41, 5.74) is 0.408. The summed E-state index contributed by atoms with van der Waals surface area (Å²) in [5.74, 6) is 0. The minimum absolute atomic E-state index is 0.167. The lowest BCUT2D eigenvalue weighted by Gasteiger charge is -2.18. The SMILES string of the molecule is CNC(C)c1csc(NC(=O)OC(C)(C)C)n1. The van der Waals surface area contributed by atoms with Crippen LogP contribution in [0.2, 0.25) is 0 Å². The minimum atomic E-state index is -0.498. The number of hydrogen-bond acceptors (Lipinski definition) is 5. The largest absolute Gasteiger partial charge is 0.444 e. The third kappa shape index (κ3) is 4.70. The molecule has 0 aromatic carbocycles. The Hall–Kier alpha value is -1.14. The zero-order valence-corrected chi connectivity index (χ0v) is 11.6. The molecule has 1 atom stereocenters. The molecule has 1 aromatic rings. The fourth-order valence-corrected chi connectivity index (χ4v) is 1.87. The Bertz CT molecular complexity index is 384. The van der Waals surface area contributed by atoms with Crippen molar-refractivity contribution in [2.75, 3.05) is 12.4 Å². The number of hydrogen-bond donors (Lipinski definition) is 2. The first-order valence-corrected chi connectivity index (χ1v) is 6.32. The highest BCUT2D eigenvalue weighted by atomic mass is 32.1. The molecule has 0 aliphatic rings. The van der Waals surface area contributed by atoms with Gasteiger partial charge in [0.25, 0.3) is 0 Å². The van der Waals surface area contributed by atoms with Gasteiger partial charge in [-0.25, -0.2) is 9.78 Å². The Morgan fingerprint density at radius 2 is 2.18 bits per heavy atom. The Morgan fingerprint density at radius 3 is 2.71 bits per heavy atom. The lowest BCUT2D eigenvalue weighted by Crippen LogP contribution is -2.27. The number of ether oxygens (including phenoxy) is 1. The molecule has 1 heterocycles. The van der Waals surface area contributed by atoms with Crippen LogP contribution in [0.15, 0.2) is 5.38 Å². The van der Waals surface area contributed by atoms with Crippen LogP contribution in [-0.2, 0) is 4.74 Å². The van der Waals surface area contributed by atoms with Crippen LogP contribution in [0.25, 0.3) is 0 Å². The van der Waals surface area contributed by atoms with E-state index in [1.807, 2.05) is 40.1 Å². The van der Waals surface area contributed by atoms with E-state index >= 15 is 0 Å². The summed E-state index contributed by atoms with van der Waals surface area (Å²) in [6.45, 7) is 7.47. The molecule has 0 fully saturated rings. The number of rotatable bonds is 3. The van der Waals surface area contributed by atoms with E-state index in [4.69, 9.17) is 4.74 Å². The maximum absolute atomic E-state index is 11.5. The predicted molar refractivity (Wildman–Crippen MR) is 69.4 cm³/mol. The molecule has 5 nitrogen and oxygen atoms in total. The van der Waals surface area contributed by atoms with Crippen LogP contribution >= 0.6 is 11.3 Å². The third-order valence-electron chi connectivity index (χ3n) is 2.01. The molecule has 6 heteroatoms. The fraction of sp³-hybridized carbons (Fsp3) is 0.636. The standard InChI is InChI=1S/C11H19N3O2S/c1-7(12-5)8-6-17-9(13-8)14-10(15)16-11(2,3)4/h6-7,12H,1-5H3,(H,13,14,15). The Kier molecular flexibility index (Phi) is 4.47. The molecule has 0 radical (unpaired) electrons. The van der Waals surface area contributed by atoms with Gasteiger partial charge >= 0.3 is 6.09 Å². The molecule has 0 saturated carbocycles. The first-order valence-electron chi connectivity index (χ1n) is 5.44. The molecular weight excluding hydrogens is 238 g/mol. The van der Waals surface area contributed by atoms with Crippen molar-refractivity contribution in [3.63, 3.8) is 0 Å². The van der Waals surface area contributed by atoms with Crippen LogP contribution in [-0.4, -0.2) is 23.7 Å². The first kappa shape index (κ1) is 13.9. The van der Waals surface area contributed by atoms with E-state index in [-0.39, 0.29) is 6.04 Å². The zero-order valence-electron chi connectivity index (χ0n) is 10.8. The van der Waals surface area contributed by atoms with Crippen LogP contribution in [0.5, 0.6) is 0 Å². The maximum Gasteiger partial charge on any atom is 0.413 e. The quantitative estimate of drug-likeness (QED) is 0.874. The van der Waals surface area contributed by atoms with Gasteiger partial charge in [-0.2, -0.15) is 0 Å². The number of amides is 1. The number of carbonyl (C=O) groups excluding carboxylic acids is 1. The van der Waals surface area contributed by atoms with Crippen molar-refractivity contribution in [2.45, 2.75) is 39.3 Å². The molecule has 0 saturated heterocycles. The van der Waals surface area contributed by atoms with Gasteiger partial charge in [-0.1, -0.05) is 0 Å². The molecule has 96 valence electrons. The summed E-state index contributed by atoms with van der Waals surface area (Å²) >= 11 is 1.38. The average Bonchev–Trinajstić information content (AvgIpc) is 2.62. The molecule has 1 unspecified atom stereocenters. The molecular formula is C11H19N3O2S. The van der Waals surface area contributed by atoms with Crippen LogP contribution in [0, 0.1) is 0 Å². The summed E-state index contributed by atoms with van der Waals surface area (Å²) < 4.78 is 5.14. The van der Waals surface area contributed by atoms with Gasteiger partial charge < -0.3 is 10.1 Å². The van der Waals surface area contributed by atoms with Crippen LogP contribution < -0.4 is 10.6 Å². The van der Waals surface area contributed by atoms with Crippen molar-refractivity contribution < 1.29 is 9.53 Å². The minimum Gasteiger partial charge on any atom is -0.444 e. The summed E-state index contributed by atoms with van der Waals surface area (Å²) in [5, 5.41) is 8.17. The van der Waals surface area contributed by atoms with Gasteiger partial charge in [0.05, 0.1) is 5.69 Å². The van der Waals surface area contributed by atoms with Gasteiger partial charge in [-0.15, -0.1) is 11.3 Å². The van der Waals surface area contributed by atoms with Crippen molar-refractivity contribution in [1.29, 1.82) is 0 Å². The van der Waals surface area contributed by atoms with Crippen molar-refractivity contribution in [1.82, 2.24) is 10.3 Å². The van der Waals surface area contributed by atoms with E-state index in [0.717, 1.165) is 5.69 Å². The van der Waals surface area contributed by atoms with E-state index < -0.39 is 11.7 Å². The van der Waals surface area contributed by atoms with Gasteiger partial charge in [0, 0.05) is 11.4 Å². The highest BCUT2D eigenvalue weighted by molar-refractivity contribution is 7.13. The molecule has 0 spiro atoms. The van der Waals surface area contributed by atoms with E-state index in [1.54, 1.807) is 0 Å². The number of nitrogens with one attached hydrogen (secondary N) is 2. The number of thiazole rings is 1. The van der Waals surface area contributed by atoms with Crippen LogP contribution in [0.1, 0.15) is 39.4 Å². The van der Waals surface area contributed by atoms with Crippen LogP contribution in [0.3, 0.4) is 0 Å². The zero-order chi connectivity index (χ0) is 13.1. The van der Waals surface area contributed by atoms with Gasteiger partial charge in [0.1, 0.15) is 5.60 Å².